The normalized spacial score (nSPS) is 30.0. The minimum absolute atomic E-state index is 0.0954. The first-order valence-electron chi connectivity index (χ1n) is 8.47. The number of anilines is 1. The number of hydrogen-bond donors (Lipinski definition) is 0. The Morgan fingerprint density at radius 3 is 2.48 bits per heavy atom. The molecule has 0 aromatic heterocycles. The quantitative estimate of drug-likeness (QED) is 0.836. The third kappa shape index (κ3) is 2.50. The summed E-state index contributed by atoms with van der Waals surface area (Å²) in [6, 6.07) is 9.73. The molecule has 0 radical (unpaired) electrons. The standard InChI is InChI=1S/C18H22F2N2O/c19-18(20)9-11-22(16(23)14-6-7-14)13-17(18)8-10-21(12-17)15-4-2-1-3-5-15/h1-5,14H,6-13H2. The topological polar surface area (TPSA) is 23.6 Å². The van der Waals surface area contributed by atoms with Gasteiger partial charge in [0, 0.05) is 44.2 Å². The number of carbonyl (C=O) groups is 1. The summed E-state index contributed by atoms with van der Waals surface area (Å²) in [7, 11) is 0. The lowest BCUT2D eigenvalue weighted by atomic mass is 9.75. The first-order valence-corrected chi connectivity index (χ1v) is 8.47. The van der Waals surface area contributed by atoms with E-state index in [4.69, 9.17) is 0 Å². The number of piperidine rings is 1. The Labute approximate surface area is 135 Å². The van der Waals surface area contributed by atoms with Crippen molar-refractivity contribution >= 4 is 11.6 Å². The van der Waals surface area contributed by atoms with E-state index in [1.807, 2.05) is 35.2 Å². The number of amides is 1. The lowest BCUT2D eigenvalue weighted by molar-refractivity contribution is -0.169. The maximum absolute atomic E-state index is 14.7. The van der Waals surface area contributed by atoms with Gasteiger partial charge in [-0.15, -0.1) is 0 Å². The number of halogens is 2. The number of alkyl halides is 2. The van der Waals surface area contributed by atoms with Gasteiger partial charge in [0.25, 0.3) is 5.92 Å². The molecule has 1 saturated carbocycles. The molecular formula is C18H22F2N2O. The minimum atomic E-state index is -2.70. The summed E-state index contributed by atoms with van der Waals surface area (Å²) in [6.07, 6.45) is 2.10. The maximum Gasteiger partial charge on any atom is 0.258 e. The van der Waals surface area contributed by atoms with Gasteiger partial charge in [0.15, 0.2) is 0 Å². The second-order valence-electron chi connectivity index (χ2n) is 7.28. The molecule has 2 heterocycles. The largest absolute Gasteiger partial charge is 0.371 e. The van der Waals surface area contributed by atoms with Crippen molar-refractivity contribution in [1.82, 2.24) is 4.90 Å². The van der Waals surface area contributed by atoms with Gasteiger partial charge in [-0.2, -0.15) is 0 Å². The first kappa shape index (κ1) is 14.9. The van der Waals surface area contributed by atoms with Crippen LogP contribution < -0.4 is 4.90 Å². The fourth-order valence-corrected chi connectivity index (χ4v) is 4.04. The zero-order valence-electron chi connectivity index (χ0n) is 13.2. The molecule has 1 aromatic rings. The second-order valence-corrected chi connectivity index (χ2v) is 7.28. The molecule has 5 heteroatoms. The highest BCUT2D eigenvalue weighted by molar-refractivity contribution is 5.81. The van der Waals surface area contributed by atoms with Crippen molar-refractivity contribution in [3.8, 4) is 0 Å². The first-order chi connectivity index (χ1) is 11.0. The van der Waals surface area contributed by atoms with Gasteiger partial charge in [0.05, 0.1) is 5.41 Å². The van der Waals surface area contributed by atoms with Crippen LogP contribution in [0.1, 0.15) is 25.7 Å². The molecule has 1 aromatic carbocycles. The van der Waals surface area contributed by atoms with Crippen molar-refractivity contribution in [2.75, 3.05) is 31.1 Å². The van der Waals surface area contributed by atoms with Crippen LogP contribution >= 0.6 is 0 Å². The number of hydrogen-bond acceptors (Lipinski definition) is 2. The Morgan fingerprint density at radius 2 is 1.78 bits per heavy atom. The predicted molar refractivity (Wildman–Crippen MR) is 84.6 cm³/mol. The van der Waals surface area contributed by atoms with E-state index >= 15 is 0 Å². The van der Waals surface area contributed by atoms with E-state index in [2.05, 4.69) is 0 Å². The number of nitrogens with zero attached hydrogens (tertiary/aromatic N) is 2. The summed E-state index contributed by atoms with van der Waals surface area (Å²) < 4.78 is 29.5. The molecule has 1 amide bonds. The third-order valence-electron chi connectivity index (χ3n) is 5.68. The Hall–Kier alpha value is -1.65. The molecule has 0 N–H and O–H groups in total. The lowest BCUT2D eigenvalue weighted by Crippen LogP contribution is -2.58. The minimum Gasteiger partial charge on any atom is -0.371 e. The smallest absolute Gasteiger partial charge is 0.258 e. The Kier molecular flexibility index (Phi) is 3.36. The van der Waals surface area contributed by atoms with Crippen LogP contribution in [-0.4, -0.2) is 42.9 Å². The molecule has 3 aliphatic rings. The zero-order chi connectivity index (χ0) is 16.1. The van der Waals surface area contributed by atoms with Crippen LogP contribution in [0.2, 0.25) is 0 Å². The van der Waals surface area contributed by atoms with Crippen molar-refractivity contribution in [1.29, 1.82) is 0 Å². The molecule has 3 nitrogen and oxygen atoms in total. The fourth-order valence-electron chi connectivity index (χ4n) is 4.04. The Morgan fingerprint density at radius 1 is 1.04 bits per heavy atom. The maximum atomic E-state index is 14.7. The summed E-state index contributed by atoms with van der Waals surface area (Å²) in [5.41, 5.74) is -0.100. The zero-order valence-corrected chi connectivity index (χ0v) is 13.2. The van der Waals surface area contributed by atoms with Crippen LogP contribution in [-0.2, 0) is 4.79 Å². The van der Waals surface area contributed by atoms with Gasteiger partial charge in [0.2, 0.25) is 5.91 Å². The van der Waals surface area contributed by atoms with Gasteiger partial charge in [-0.3, -0.25) is 4.79 Å². The summed E-state index contributed by atoms with van der Waals surface area (Å²) in [5, 5.41) is 0. The molecule has 0 bridgehead atoms. The molecular weight excluding hydrogens is 298 g/mol. The number of carbonyl (C=O) groups excluding carboxylic acids is 1. The van der Waals surface area contributed by atoms with Crippen LogP contribution in [0, 0.1) is 11.3 Å². The number of para-hydroxylation sites is 1. The van der Waals surface area contributed by atoms with Crippen LogP contribution in [0.3, 0.4) is 0 Å². The van der Waals surface area contributed by atoms with Gasteiger partial charge < -0.3 is 9.80 Å². The monoisotopic (exact) mass is 320 g/mol. The van der Waals surface area contributed by atoms with E-state index in [9.17, 15) is 13.6 Å². The number of likely N-dealkylation sites (tertiary alicyclic amines) is 1. The van der Waals surface area contributed by atoms with Gasteiger partial charge in [-0.25, -0.2) is 8.78 Å². The van der Waals surface area contributed by atoms with E-state index in [0.717, 1.165) is 18.5 Å². The van der Waals surface area contributed by atoms with E-state index in [0.29, 0.717) is 19.5 Å². The van der Waals surface area contributed by atoms with Crippen LogP contribution in [0.25, 0.3) is 0 Å². The van der Waals surface area contributed by atoms with Gasteiger partial charge in [-0.05, 0) is 31.4 Å². The van der Waals surface area contributed by atoms with Crippen molar-refractivity contribution < 1.29 is 13.6 Å². The number of rotatable bonds is 2. The second kappa shape index (κ2) is 5.18. The Balaban J connectivity index is 1.56. The van der Waals surface area contributed by atoms with Crippen molar-refractivity contribution in [3.63, 3.8) is 0 Å². The van der Waals surface area contributed by atoms with E-state index in [1.54, 1.807) is 4.90 Å². The molecule has 4 rings (SSSR count). The van der Waals surface area contributed by atoms with Gasteiger partial charge in [0.1, 0.15) is 0 Å². The highest BCUT2D eigenvalue weighted by Gasteiger charge is 2.60. The highest BCUT2D eigenvalue weighted by atomic mass is 19.3. The molecule has 124 valence electrons. The lowest BCUT2D eigenvalue weighted by Gasteiger charge is -2.46. The molecule has 3 fully saturated rings. The van der Waals surface area contributed by atoms with Gasteiger partial charge >= 0.3 is 0 Å². The van der Waals surface area contributed by atoms with E-state index < -0.39 is 11.3 Å². The number of benzene rings is 1. The van der Waals surface area contributed by atoms with Crippen molar-refractivity contribution in [2.45, 2.75) is 31.6 Å². The average molecular weight is 320 g/mol. The van der Waals surface area contributed by atoms with Crippen LogP contribution in [0.15, 0.2) is 30.3 Å². The third-order valence-corrected chi connectivity index (χ3v) is 5.68. The van der Waals surface area contributed by atoms with Crippen LogP contribution in [0.5, 0.6) is 0 Å². The van der Waals surface area contributed by atoms with Crippen molar-refractivity contribution in [3.05, 3.63) is 30.3 Å². The molecule has 2 saturated heterocycles. The van der Waals surface area contributed by atoms with Gasteiger partial charge in [-0.1, -0.05) is 18.2 Å². The Bertz CT molecular complexity index is 602. The molecule has 1 aliphatic carbocycles. The van der Waals surface area contributed by atoms with Crippen LogP contribution in [0.4, 0.5) is 14.5 Å². The van der Waals surface area contributed by atoms with E-state index in [-0.39, 0.29) is 31.3 Å². The summed E-state index contributed by atoms with van der Waals surface area (Å²) in [6.45, 7) is 1.37. The molecule has 23 heavy (non-hydrogen) atoms. The molecule has 1 unspecified atom stereocenters. The summed E-state index contributed by atoms with van der Waals surface area (Å²) >= 11 is 0. The predicted octanol–water partition coefficient (Wildman–Crippen LogP) is 3.16. The molecule has 2 aliphatic heterocycles. The average Bonchev–Trinajstić information content (AvgIpc) is 3.31. The summed E-state index contributed by atoms with van der Waals surface area (Å²) in [4.78, 5) is 16.1. The fraction of sp³-hybridized carbons (Fsp3) is 0.611. The van der Waals surface area contributed by atoms with Crippen molar-refractivity contribution in [2.24, 2.45) is 11.3 Å². The highest BCUT2D eigenvalue weighted by Crippen LogP contribution is 2.50. The summed E-state index contributed by atoms with van der Waals surface area (Å²) in [5.74, 6) is -2.50. The SMILES string of the molecule is O=C(C1CC1)N1CCC(F)(F)C2(CCN(c3ccccc3)C2)C1. The molecule has 1 spiro atoms. The molecule has 1 atom stereocenters. The van der Waals surface area contributed by atoms with E-state index in [1.165, 1.54) is 0 Å².